The fourth-order valence-corrected chi connectivity index (χ4v) is 2.58. The number of fused-ring (bicyclic) bond motifs is 2. The summed E-state index contributed by atoms with van der Waals surface area (Å²) in [6.45, 7) is 4.13. The molecule has 0 aromatic heterocycles. The molecule has 0 saturated heterocycles. The maximum absolute atomic E-state index is 11.6. The quantitative estimate of drug-likeness (QED) is 0.736. The number of amides is 1. The molecular formula is C16H12BrN3O. The van der Waals surface area contributed by atoms with Crippen molar-refractivity contribution in [1.29, 1.82) is 0 Å². The Hall–Kier alpha value is -2.27. The van der Waals surface area contributed by atoms with Crippen LogP contribution in [0.5, 0.6) is 0 Å². The van der Waals surface area contributed by atoms with Crippen LogP contribution in [0.4, 0.5) is 0 Å². The van der Waals surface area contributed by atoms with Crippen LogP contribution in [0, 0.1) is 0 Å². The van der Waals surface area contributed by atoms with Gasteiger partial charge in [0.25, 0.3) is 5.91 Å². The van der Waals surface area contributed by atoms with E-state index in [2.05, 4.69) is 32.5 Å². The number of rotatable bonds is 1. The molecule has 4 nitrogen and oxygen atoms in total. The Kier molecular flexibility index (Phi) is 3.66. The zero-order valence-electron chi connectivity index (χ0n) is 11.2. The number of aliphatic imine (C=N–C) groups is 2. The topological polar surface area (TPSA) is 45.0 Å². The summed E-state index contributed by atoms with van der Waals surface area (Å²) in [6.07, 6.45) is 6.96. The minimum atomic E-state index is -0.394. The summed E-state index contributed by atoms with van der Waals surface area (Å²) in [7, 11) is 0. The van der Waals surface area contributed by atoms with Crippen molar-refractivity contribution in [3.63, 3.8) is 0 Å². The van der Waals surface area contributed by atoms with E-state index in [0.717, 1.165) is 21.4 Å². The van der Waals surface area contributed by atoms with Gasteiger partial charge in [0, 0.05) is 22.8 Å². The Bertz CT molecular complexity index is 744. The first kappa shape index (κ1) is 13.7. The van der Waals surface area contributed by atoms with E-state index >= 15 is 0 Å². The average molecular weight is 342 g/mol. The van der Waals surface area contributed by atoms with E-state index in [0.29, 0.717) is 12.4 Å². The molecule has 1 aromatic rings. The van der Waals surface area contributed by atoms with Gasteiger partial charge in [-0.1, -0.05) is 30.8 Å². The van der Waals surface area contributed by atoms with Crippen LogP contribution in [-0.4, -0.2) is 22.5 Å². The summed E-state index contributed by atoms with van der Waals surface area (Å²) in [5, 5.41) is 0. The van der Waals surface area contributed by atoms with Gasteiger partial charge < -0.3 is 4.90 Å². The van der Waals surface area contributed by atoms with E-state index in [1.165, 1.54) is 6.08 Å². The van der Waals surface area contributed by atoms with E-state index in [1.807, 2.05) is 47.5 Å². The van der Waals surface area contributed by atoms with Gasteiger partial charge in [0.15, 0.2) is 5.84 Å². The van der Waals surface area contributed by atoms with Crippen LogP contribution >= 0.6 is 15.9 Å². The molecule has 2 aliphatic heterocycles. The Labute approximate surface area is 131 Å². The van der Waals surface area contributed by atoms with Gasteiger partial charge in [-0.05, 0) is 39.7 Å². The summed E-state index contributed by atoms with van der Waals surface area (Å²) < 4.78 is 0.974. The summed E-state index contributed by atoms with van der Waals surface area (Å²) in [6, 6.07) is 7.82. The highest BCUT2D eigenvalue weighted by Crippen LogP contribution is 2.23. The standard InChI is InChI=1S/C16H12BrN3O/c1-2-15(21)19-16-13-6-4-3-5-11(13)9-20-10-12(17)7-8-14(20)18-16/h2-8,10H,1,9H2. The highest BCUT2D eigenvalue weighted by molar-refractivity contribution is 9.11. The third-order valence-electron chi connectivity index (χ3n) is 3.18. The highest BCUT2D eigenvalue weighted by Gasteiger charge is 2.21. The monoisotopic (exact) mass is 341 g/mol. The van der Waals surface area contributed by atoms with Gasteiger partial charge in [-0.2, -0.15) is 4.99 Å². The van der Waals surface area contributed by atoms with Crippen molar-refractivity contribution in [2.24, 2.45) is 9.98 Å². The average Bonchev–Trinajstić information content (AvgIpc) is 2.63. The molecular weight excluding hydrogens is 330 g/mol. The lowest BCUT2D eigenvalue weighted by atomic mass is 10.1. The number of halogens is 1. The molecule has 0 radical (unpaired) electrons. The molecule has 0 N–H and O–H groups in total. The fraction of sp³-hybridized carbons (Fsp3) is 0.0625. The molecule has 0 saturated carbocycles. The third-order valence-corrected chi connectivity index (χ3v) is 3.64. The van der Waals surface area contributed by atoms with Gasteiger partial charge in [0.05, 0.1) is 0 Å². The second-order valence-corrected chi connectivity index (χ2v) is 5.50. The SMILES string of the molecule is C=CC(=O)N=C1N=C2C=CC(Br)=CN2Cc2ccccc21. The van der Waals surface area contributed by atoms with Crippen LogP contribution in [0.25, 0.3) is 0 Å². The molecule has 3 rings (SSSR count). The zero-order chi connectivity index (χ0) is 14.8. The van der Waals surface area contributed by atoms with E-state index in [4.69, 9.17) is 0 Å². The molecule has 0 atom stereocenters. The Balaban J connectivity index is 2.16. The summed E-state index contributed by atoms with van der Waals surface area (Å²) in [5.41, 5.74) is 1.94. The minimum absolute atomic E-state index is 0.394. The van der Waals surface area contributed by atoms with E-state index < -0.39 is 5.91 Å². The first-order valence-corrected chi connectivity index (χ1v) is 7.21. The van der Waals surface area contributed by atoms with Crippen LogP contribution in [0.3, 0.4) is 0 Å². The van der Waals surface area contributed by atoms with Crippen molar-refractivity contribution in [3.8, 4) is 0 Å². The van der Waals surface area contributed by atoms with Crippen molar-refractivity contribution < 1.29 is 4.79 Å². The van der Waals surface area contributed by atoms with Crippen molar-refractivity contribution in [2.45, 2.75) is 6.54 Å². The van der Waals surface area contributed by atoms with Crippen LogP contribution in [0.1, 0.15) is 11.1 Å². The molecule has 0 unspecified atom stereocenters. The molecule has 0 fully saturated rings. The molecule has 0 aliphatic carbocycles. The van der Waals surface area contributed by atoms with Gasteiger partial charge in [0.2, 0.25) is 0 Å². The number of carbonyl (C=O) groups is 1. The van der Waals surface area contributed by atoms with Crippen LogP contribution in [0.15, 0.2) is 69.7 Å². The van der Waals surface area contributed by atoms with Crippen molar-refractivity contribution in [3.05, 3.63) is 70.9 Å². The molecule has 2 heterocycles. The third kappa shape index (κ3) is 2.78. The molecule has 5 heteroatoms. The highest BCUT2D eigenvalue weighted by atomic mass is 79.9. The van der Waals surface area contributed by atoms with Crippen LogP contribution in [-0.2, 0) is 11.3 Å². The second kappa shape index (κ2) is 5.61. The maximum Gasteiger partial charge on any atom is 0.271 e. The zero-order valence-corrected chi connectivity index (χ0v) is 12.7. The maximum atomic E-state index is 11.6. The summed E-state index contributed by atoms with van der Waals surface area (Å²) in [5.74, 6) is 0.781. The second-order valence-electron chi connectivity index (χ2n) is 4.58. The van der Waals surface area contributed by atoms with Crippen LogP contribution in [0.2, 0.25) is 0 Å². The molecule has 104 valence electrons. The number of benzene rings is 1. The molecule has 21 heavy (non-hydrogen) atoms. The molecule has 1 aromatic carbocycles. The Morgan fingerprint density at radius 1 is 1.38 bits per heavy atom. The smallest absolute Gasteiger partial charge is 0.271 e. The first-order chi connectivity index (χ1) is 10.2. The van der Waals surface area contributed by atoms with Gasteiger partial charge in [-0.15, -0.1) is 0 Å². The van der Waals surface area contributed by atoms with E-state index in [9.17, 15) is 4.79 Å². The fourth-order valence-electron chi connectivity index (χ4n) is 2.20. The number of hydrogen-bond acceptors (Lipinski definition) is 2. The van der Waals surface area contributed by atoms with Gasteiger partial charge in [-0.3, -0.25) is 4.79 Å². The van der Waals surface area contributed by atoms with E-state index in [1.54, 1.807) is 0 Å². The lowest BCUT2D eigenvalue weighted by molar-refractivity contribution is -0.113. The Morgan fingerprint density at radius 2 is 2.19 bits per heavy atom. The van der Waals surface area contributed by atoms with Gasteiger partial charge in [0.1, 0.15) is 5.84 Å². The van der Waals surface area contributed by atoms with Crippen molar-refractivity contribution in [1.82, 2.24) is 4.90 Å². The summed E-state index contributed by atoms with van der Waals surface area (Å²) >= 11 is 3.46. The number of allylic oxidation sites excluding steroid dienone is 2. The van der Waals surface area contributed by atoms with Crippen LogP contribution < -0.4 is 0 Å². The first-order valence-electron chi connectivity index (χ1n) is 6.41. The van der Waals surface area contributed by atoms with Gasteiger partial charge in [-0.25, -0.2) is 4.99 Å². The number of carbonyl (C=O) groups excluding carboxylic acids is 1. The Morgan fingerprint density at radius 3 is 3.00 bits per heavy atom. The summed E-state index contributed by atoms with van der Waals surface area (Å²) in [4.78, 5) is 22.2. The number of amidine groups is 2. The number of hydrogen-bond donors (Lipinski definition) is 0. The van der Waals surface area contributed by atoms with Crippen molar-refractivity contribution >= 4 is 33.5 Å². The number of nitrogens with zero attached hydrogens (tertiary/aromatic N) is 3. The molecule has 0 bridgehead atoms. The minimum Gasteiger partial charge on any atom is -0.327 e. The van der Waals surface area contributed by atoms with Gasteiger partial charge >= 0.3 is 0 Å². The molecule has 0 spiro atoms. The predicted molar refractivity (Wildman–Crippen MR) is 87.3 cm³/mol. The molecule has 1 amide bonds. The van der Waals surface area contributed by atoms with Crippen molar-refractivity contribution in [2.75, 3.05) is 0 Å². The normalized spacial score (nSPS) is 18.3. The lowest BCUT2D eigenvalue weighted by Gasteiger charge is -2.21. The lowest BCUT2D eigenvalue weighted by Crippen LogP contribution is -2.24. The van der Waals surface area contributed by atoms with E-state index in [-0.39, 0.29) is 0 Å². The largest absolute Gasteiger partial charge is 0.327 e. The molecule has 2 aliphatic rings. The predicted octanol–water partition coefficient (Wildman–Crippen LogP) is 3.17.